The molecule has 0 bridgehead atoms. The smallest absolute Gasteiger partial charge is 0.311 e. The van der Waals surface area contributed by atoms with Gasteiger partial charge < -0.3 is 4.74 Å². The number of nitro benzene ring substituents is 1. The molecule has 0 fully saturated rings. The van der Waals surface area contributed by atoms with E-state index in [1.165, 1.54) is 25.5 Å². The maximum Gasteiger partial charge on any atom is 0.311 e. The minimum atomic E-state index is -0.537. The number of nitrogens with zero attached hydrogens (tertiary/aromatic N) is 2. The lowest BCUT2D eigenvalue weighted by molar-refractivity contribution is -0.385. The number of nitro groups is 1. The Labute approximate surface area is 149 Å². The zero-order valence-corrected chi connectivity index (χ0v) is 13.9. The molecular weight excluding hydrogens is 334 g/mol. The summed E-state index contributed by atoms with van der Waals surface area (Å²) in [6.45, 7) is 0. The molecule has 0 unspecified atom stereocenters. The van der Waals surface area contributed by atoms with Gasteiger partial charge in [0.2, 0.25) is 0 Å². The number of hydrazone groups is 1. The number of hydrogen-bond donors (Lipinski definition) is 1. The molecule has 0 aromatic heterocycles. The molecule has 0 atom stereocenters. The van der Waals surface area contributed by atoms with Crippen molar-refractivity contribution in [2.45, 2.75) is 0 Å². The van der Waals surface area contributed by atoms with Gasteiger partial charge in [-0.25, -0.2) is 5.43 Å². The highest BCUT2D eigenvalue weighted by molar-refractivity contribution is 6.07. The first kappa shape index (κ1) is 17.1. The van der Waals surface area contributed by atoms with Crippen molar-refractivity contribution >= 4 is 28.6 Å². The highest BCUT2D eigenvalue weighted by Crippen LogP contribution is 2.26. The van der Waals surface area contributed by atoms with Crippen molar-refractivity contribution in [1.82, 2.24) is 5.43 Å². The van der Waals surface area contributed by atoms with Crippen LogP contribution >= 0.6 is 0 Å². The lowest BCUT2D eigenvalue weighted by atomic mass is 10.0. The van der Waals surface area contributed by atoms with Crippen molar-refractivity contribution in [1.29, 1.82) is 0 Å². The van der Waals surface area contributed by atoms with Crippen LogP contribution in [-0.4, -0.2) is 24.2 Å². The fourth-order valence-corrected chi connectivity index (χ4v) is 2.58. The molecule has 0 aliphatic carbocycles. The van der Waals surface area contributed by atoms with Gasteiger partial charge in [-0.05, 0) is 29.0 Å². The molecule has 0 heterocycles. The van der Waals surface area contributed by atoms with Gasteiger partial charge in [-0.15, -0.1) is 0 Å². The molecule has 7 heteroatoms. The summed E-state index contributed by atoms with van der Waals surface area (Å²) < 4.78 is 4.95. The van der Waals surface area contributed by atoms with Crippen LogP contribution in [0.25, 0.3) is 10.8 Å². The van der Waals surface area contributed by atoms with Crippen LogP contribution in [0.15, 0.2) is 65.8 Å². The molecular formula is C19H15N3O4. The fraction of sp³-hybridized carbons (Fsp3) is 0.0526. The Kier molecular flexibility index (Phi) is 4.89. The quantitative estimate of drug-likeness (QED) is 0.433. The van der Waals surface area contributed by atoms with E-state index in [9.17, 15) is 14.9 Å². The van der Waals surface area contributed by atoms with Crippen molar-refractivity contribution in [2.24, 2.45) is 5.10 Å². The van der Waals surface area contributed by atoms with E-state index in [0.717, 1.165) is 10.8 Å². The number of nitrogens with one attached hydrogen (secondary N) is 1. The molecule has 130 valence electrons. The van der Waals surface area contributed by atoms with E-state index >= 15 is 0 Å². The molecule has 3 aromatic carbocycles. The summed E-state index contributed by atoms with van der Waals surface area (Å²) in [5, 5.41) is 16.7. The van der Waals surface area contributed by atoms with Gasteiger partial charge >= 0.3 is 5.69 Å². The number of carbonyl (C=O) groups excluding carboxylic acids is 1. The van der Waals surface area contributed by atoms with Crippen molar-refractivity contribution in [2.75, 3.05) is 7.11 Å². The molecule has 3 aromatic rings. The van der Waals surface area contributed by atoms with Gasteiger partial charge in [0, 0.05) is 17.2 Å². The summed E-state index contributed by atoms with van der Waals surface area (Å²) in [5.41, 5.74) is 3.25. The minimum Gasteiger partial charge on any atom is -0.490 e. The molecule has 0 saturated heterocycles. The monoisotopic (exact) mass is 349 g/mol. The Bertz CT molecular complexity index is 1010. The first-order valence-electron chi connectivity index (χ1n) is 7.74. The van der Waals surface area contributed by atoms with Crippen LogP contribution < -0.4 is 10.2 Å². The lowest BCUT2D eigenvalue weighted by Crippen LogP contribution is -2.17. The van der Waals surface area contributed by atoms with Gasteiger partial charge in [0.15, 0.2) is 5.75 Å². The molecule has 26 heavy (non-hydrogen) atoms. The topological polar surface area (TPSA) is 93.8 Å². The molecule has 1 N–H and O–H groups in total. The third-order valence-corrected chi connectivity index (χ3v) is 3.81. The standard InChI is InChI=1S/C19H15N3O4/c1-26-18-10-9-13(11-17(18)22(24)25)12-20-21-19(23)16-8-4-6-14-5-2-3-7-15(14)16/h2-12H,1H3,(H,21,23)/b20-12-. The number of amides is 1. The second kappa shape index (κ2) is 7.43. The number of rotatable bonds is 5. The number of methoxy groups -OCH3 is 1. The summed E-state index contributed by atoms with van der Waals surface area (Å²) in [7, 11) is 1.36. The number of hydrogen-bond acceptors (Lipinski definition) is 5. The van der Waals surface area contributed by atoms with Gasteiger partial charge in [0.25, 0.3) is 5.91 Å². The van der Waals surface area contributed by atoms with Gasteiger partial charge in [0.05, 0.1) is 18.2 Å². The Morgan fingerprint density at radius 1 is 1.15 bits per heavy atom. The van der Waals surface area contributed by atoms with E-state index in [0.29, 0.717) is 11.1 Å². The molecule has 7 nitrogen and oxygen atoms in total. The Morgan fingerprint density at radius 2 is 1.92 bits per heavy atom. The predicted molar refractivity (Wildman–Crippen MR) is 98.7 cm³/mol. The first-order chi connectivity index (χ1) is 12.6. The molecule has 0 aliphatic rings. The summed E-state index contributed by atoms with van der Waals surface area (Å²) >= 11 is 0. The maximum absolute atomic E-state index is 12.4. The zero-order chi connectivity index (χ0) is 18.5. The average Bonchev–Trinajstić information content (AvgIpc) is 2.67. The molecule has 0 aliphatic heterocycles. The van der Waals surface area contributed by atoms with E-state index in [4.69, 9.17) is 4.74 Å². The van der Waals surface area contributed by atoms with E-state index in [1.54, 1.807) is 18.2 Å². The van der Waals surface area contributed by atoms with Crippen LogP contribution in [0.1, 0.15) is 15.9 Å². The van der Waals surface area contributed by atoms with Crippen LogP contribution in [-0.2, 0) is 0 Å². The van der Waals surface area contributed by atoms with Crippen LogP contribution in [0.3, 0.4) is 0 Å². The SMILES string of the molecule is COc1ccc(/C=N\NC(=O)c2cccc3ccccc23)cc1[N+](=O)[O-]. The molecule has 0 radical (unpaired) electrons. The summed E-state index contributed by atoms with van der Waals surface area (Å²) in [5.74, 6) is -0.201. The highest BCUT2D eigenvalue weighted by atomic mass is 16.6. The zero-order valence-electron chi connectivity index (χ0n) is 13.9. The second-order valence-electron chi connectivity index (χ2n) is 5.41. The van der Waals surface area contributed by atoms with E-state index in [-0.39, 0.29) is 17.3 Å². The Balaban J connectivity index is 1.79. The van der Waals surface area contributed by atoms with Crippen molar-refractivity contribution in [3.05, 3.63) is 81.9 Å². The van der Waals surface area contributed by atoms with E-state index in [1.807, 2.05) is 30.3 Å². The summed E-state index contributed by atoms with van der Waals surface area (Å²) in [6, 6.07) is 17.4. The lowest BCUT2D eigenvalue weighted by Gasteiger charge is -2.05. The van der Waals surface area contributed by atoms with Crippen LogP contribution in [0.2, 0.25) is 0 Å². The number of benzene rings is 3. The van der Waals surface area contributed by atoms with Crippen LogP contribution in [0.4, 0.5) is 5.69 Å². The van der Waals surface area contributed by atoms with Crippen LogP contribution in [0.5, 0.6) is 5.75 Å². The second-order valence-corrected chi connectivity index (χ2v) is 5.41. The minimum absolute atomic E-state index is 0.159. The number of ether oxygens (including phenoxy) is 1. The summed E-state index contributed by atoms with van der Waals surface area (Å²) in [4.78, 5) is 22.9. The first-order valence-corrected chi connectivity index (χ1v) is 7.74. The Hall–Kier alpha value is -3.74. The van der Waals surface area contributed by atoms with Gasteiger partial charge in [-0.3, -0.25) is 14.9 Å². The van der Waals surface area contributed by atoms with Gasteiger partial charge in [-0.1, -0.05) is 36.4 Å². The van der Waals surface area contributed by atoms with Gasteiger partial charge in [0.1, 0.15) is 0 Å². The maximum atomic E-state index is 12.4. The van der Waals surface area contributed by atoms with Crippen LogP contribution in [0, 0.1) is 10.1 Å². The van der Waals surface area contributed by atoms with Crippen molar-refractivity contribution < 1.29 is 14.5 Å². The predicted octanol–water partition coefficient (Wildman–Crippen LogP) is 3.52. The van der Waals surface area contributed by atoms with Gasteiger partial charge in [-0.2, -0.15) is 5.10 Å². The largest absolute Gasteiger partial charge is 0.490 e. The average molecular weight is 349 g/mol. The fourth-order valence-electron chi connectivity index (χ4n) is 2.58. The highest BCUT2D eigenvalue weighted by Gasteiger charge is 2.14. The normalized spacial score (nSPS) is 10.8. The third-order valence-electron chi connectivity index (χ3n) is 3.81. The Morgan fingerprint density at radius 3 is 2.69 bits per heavy atom. The molecule has 0 spiro atoms. The van der Waals surface area contributed by atoms with E-state index in [2.05, 4.69) is 10.5 Å². The molecule has 0 saturated carbocycles. The van der Waals surface area contributed by atoms with Crippen molar-refractivity contribution in [3.63, 3.8) is 0 Å². The summed E-state index contributed by atoms with van der Waals surface area (Å²) in [6.07, 6.45) is 1.34. The van der Waals surface area contributed by atoms with Crippen molar-refractivity contribution in [3.8, 4) is 5.75 Å². The number of fused-ring (bicyclic) bond motifs is 1. The number of carbonyl (C=O) groups is 1. The molecule has 1 amide bonds. The third kappa shape index (κ3) is 3.51. The van der Waals surface area contributed by atoms with E-state index < -0.39 is 4.92 Å². The molecule has 3 rings (SSSR count).